The first kappa shape index (κ1) is 25.1. The lowest BCUT2D eigenvalue weighted by Gasteiger charge is -2.30. The van der Waals surface area contributed by atoms with Gasteiger partial charge in [-0.3, -0.25) is 9.69 Å². The molecule has 1 saturated heterocycles. The quantitative estimate of drug-likeness (QED) is 0.515. The summed E-state index contributed by atoms with van der Waals surface area (Å²) in [5.74, 6) is -1.36. The van der Waals surface area contributed by atoms with Crippen LogP contribution in [0.5, 0.6) is 0 Å². The second-order valence-electron chi connectivity index (χ2n) is 9.26. The van der Waals surface area contributed by atoms with E-state index in [9.17, 15) is 14.4 Å². The molecule has 1 N–H and O–H groups in total. The van der Waals surface area contributed by atoms with Gasteiger partial charge in [0, 0.05) is 6.04 Å². The summed E-state index contributed by atoms with van der Waals surface area (Å²) in [7, 11) is 1.29. The Bertz CT molecular complexity index is 989. The fourth-order valence-corrected chi connectivity index (χ4v) is 4.28. The first-order valence-electron chi connectivity index (χ1n) is 11.2. The average Bonchev–Trinajstić information content (AvgIpc) is 3.08. The Kier molecular flexibility index (Phi) is 7.81. The van der Waals surface area contributed by atoms with Crippen LogP contribution in [0.1, 0.15) is 44.9 Å². The monoisotopic (exact) mass is 468 g/mol. The predicted octanol–water partition coefficient (Wildman–Crippen LogP) is 4.45. The van der Waals surface area contributed by atoms with Crippen molar-refractivity contribution in [2.75, 3.05) is 7.11 Å². The Balaban J connectivity index is 1.96. The number of carbonyl (C=O) groups excluding carboxylic acids is 3. The fraction of sp³-hybridized carbons (Fsp3) is 0.423. The number of hydrogen-bond acceptors (Lipinski definition) is 6. The Morgan fingerprint density at radius 3 is 2.12 bits per heavy atom. The summed E-state index contributed by atoms with van der Waals surface area (Å²) in [5, 5.41) is 2.83. The molecule has 8 heteroatoms. The Labute approximate surface area is 200 Å². The van der Waals surface area contributed by atoms with E-state index in [1.54, 1.807) is 27.7 Å². The zero-order valence-electron chi connectivity index (χ0n) is 20.2. The maximum Gasteiger partial charge on any atom is 0.410 e. The van der Waals surface area contributed by atoms with E-state index in [2.05, 4.69) is 5.32 Å². The van der Waals surface area contributed by atoms with E-state index in [4.69, 9.17) is 14.2 Å². The number of ether oxygens (including phenoxy) is 3. The van der Waals surface area contributed by atoms with Gasteiger partial charge in [0.15, 0.2) is 0 Å². The fourth-order valence-electron chi connectivity index (χ4n) is 4.28. The highest BCUT2D eigenvalue weighted by Gasteiger charge is 2.54. The molecule has 2 aromatic carbocycles. The van der Waals surface area contributed by atoms with Gasteiger partial charge in [-0.05, 0) is 38.8 Å². The highest BCUT2D eigenvalue weighted by Crippen LogP contribution is 2.41. The number of esters is 1. The zero-order chi connectivity index (χ0) is 24.9. The van der Waals surface area contributed by atoms with Gasteiger partial charge in [0.05, 0.1) is 25.1 Å². The Morgan fingerprint density at radius 2 is 1.56 bits per heavy atom. The van der Waals surface area contributed by atoms with Crippen LogP contribution in [0.3, 0.4) is 0 Å². The van der Waals surface area contributed by atoms with Crippen LogP contribution in [0.15, 0.2) is 60.7 Å². The number of nitrogens with one attached hydrogen (secondary N) is 1. The molecule has 8 nitrogen and oxygen atoms in total. The molecule has 0 aromatic heterocycles. The van der Waals surface area contributed by atoms with Crippen LogP contribution in [0.2, 0.25) is 0 Å². The molecule has 3 rings (SSSR count). The second-order valence-corrected chi connectivity index (χ2v) is 9.26. The number of methoxy groups -OCH3 is 1. The number of rotatable bonds is 5. The highest BCUT2D eigenvalue weighted by atomic mass is 16.6. The van der Waals surface area contributed by atoms with Crippen molar-refractivity contribution in [2.45, 2.75) is 58.0 Å². The van der Waals surface area contributed by atoms with Crippen LogP contribution in [0, 0.1) is 5.92 Å². The number of likely N-dealkylation sites (tertiary alicyclic amines) is 1. The standard InChI is InChI=1S/C26H32N2O6/c1-17-20(23(29)32-5)21(27-24(30)34-26(2,3)4)22(19-14-10-7-11-15-19)28(17)25(31)33-16-18-12-8-6-9-13-18/h6-15,17,20-22H,16H2,1-5H3,(H,27,30)/t17-,20+,21+,22+/m1/s1. The molecular weight excluding hydrogens is 436 g/mol. The molecule has 34 heavy (non-hydrogen) atoms. The molecule has 1 fully saturated rings. The van der Waals surface area contributed by atoms with Crippen LogP contribution in [-0.2, 0) is 25.6 Å². The minimum absolute atomic E-state index is 0.0808. The van der Waals surface area contributed by atoms with Crippen molar-refractivity contribution in [3.63, 3.8) is 0 Å². The molecule has 0 radical (unpaired) electrons. The molecule has 2 amide bonds. The molecule has 182 valence electrons. The van der Waals surface area contributed by atoms with E-state index in [0.29, 0.717) is 0 Å². The minimum atomic E-state index is -0.827. The van der Waals surface area contributed by atoms with Gasteiger partial charge in [0.1, 0.15) is 12.2 Å². The molecule has 1 aliphatic heterocycles. The predicted molar refractivity (Wildman–Crippen MR) is 126 cm³/mol. The number of carbonyl (C=O) groups is 3. The summed E-state index contributed by atoms with van der Waals surface area (Å²) in [6, 6.07) is 16.5. The lowest BCUT2D eigenvalue weighted by atomic mass is 9.91. The Hall–Kier alpha value is -3.55. The molecular formula is C26H32N2O6. The van der Waals surface area contributed by atoms with Crippen molar-refractivity contribution < 1.29 is 28.6 Å². The smallest absolute Gasteiger partial charge is 0.410 e. The summed E-state index contributed by atoms with van der Waals surface area (Å²) in [4.78, 5) is 40.4. The third kappa shape index (κ3) is 5.87. The van der Waals surface area contributed by atoms with Crippen molar-refractivity contribution in [1.82, 2.24) is 10.2 Å². The Morgan fingerprint density at radius 1 is 0.971 bits per heavy atom. The molecule has 1 aliphatic rings. The number of alkyl carbamates (subject to hydrolysis) is 1. The lowest BCUT2D eigenvalue weighted by molar-refractivity contribution is -0.146. The van der Waals surface area contributed by atoms with Crippen molar-refractivity contribution in [2.24, 2.45) is 5.92 Å². The molecule has 4 atom stereocenters. The van der Waals surface area contributed by atoms with E-state index in [1.165, 1.54) is 12.0 Å². The van der Waals surface area contributed by atoms with Crippen LogP contribution in [0.25, 0.3) is 0 Å². The lowest BCUT2D eigenvalue weighted by Crippen LogP contribution is -2.47. The van der Waals surface area contributed by atoms with Gasteiger partial charge in [-0.15, -0.1) is 0 Å². The average molecular weight is 469 g/mol. The van der Waals surface area contributed by atoms with Gasteiger partial charge in [0.25, 0.3) is 0 Å². The number of hydrogen-bond donors (Lipinski definition) is 1. The zero-order valence-corrected chi connectivity index (χ0v) is 20.2. The van der Waals surface area contributed by atoms with Gasteiger partial charge in [0.2, 0.25) is 0 Å². The molecule has 0 bridgehead atoms. The summed E-state index contributed by atoms with van der Waals surface area (Å²) >= 11 is 0. The van der Waals surface area contributed by atoms with Gasteiger partial charge in [-0.2, -0.15) is 0 Å². The molecule has 0 saturated carbocycles. The van der Waals surface area contributed by atoms with Crippen LogP contribution >= 0.6 is 0 Å². The number of amides is 2. The first-order valence-corrected chi connectivity index (χ1v) is 11.2. The van der Waals surface area contributed by atoms with Gasteiger partial charge in [-0.25, -0.2) is 9.59 Å². The van der Waals surface area contributed by atoms with E-state index < -0.39 is 47.8 Å². The van der Waals surface area contributed by atoms with Gasteiger partial charge in [-0.1, -0.05) is 60.7 Å². The minimum Gasteiger partial charge on any atom is -0.469 e. The first-order chi connectivity index (χ1) is 16.1. The maximum absolute atomic E-state index is 13.3. The largest absolute Gasteiger partial charge is 0.469 e. The van der Waals surface area contributed by atoms with E-state index >= 15 is 0 Å². The van der Waals surface area contributed by atoms with Crippen molar-refractivity contribution in [3.8, 4) is 0 Å². The summed E-state index contributed by atoms with van der Waals surface area (Å²) in [5.41, 5.74) is 0.858. The molecule has 1 heterocycles. The summed E-state index contributed by atoms with van der Waals surface area (Å²) < 4.78 is 16.1. The van der Waals surface area contributed by atoms with E-state index in [-0.39, 0.29) is 6.61 Å². The molecule has 0 aliphatic carbocycles. The number of benzene rings is 2. The molecule has 0 spiro atoms. The van der Waals surface area contributed by atoms with Crippen molar-refractivity contribution in [1.29, 1.82) is 0 Å². The highest BCUT2D eigenvalue weighted by molar-refractivity contribution is 5.80. The van der Waals surface area contributed by atoms with Crippen LogP contribution < -0.4 is 5.32 Å². The van der Waals surface area contributed by atoms with Crippen LogP contribution in [0.4, 0.5) is 9.59 Å². The molecule has 2 aromatic rings. The third-order valence-electron chi connectivity index (χ3n) is 5.70. The van der Waals surface area contributed by atoms with Gasteiger partial charge < -0.3 is 19.5 Å². The number of nitrogens with zero attached hydrogens (tertiary/aromatic N) is 1. The van der Waals surface area contributed by atoms with Crippen molar-refractivity contribution in [3.05, 3.63) is 71.8 Å². The third-order valence-corrected chi connectivity index (χ3v) is 5.70. The maximum atomic E-state index is 13.3. The normalized spacial score (nSPS) is 22.1. The van der Waals surface area contributed by atoms with Gasteiger partial charge >= 0.3 is 18.2 Å². The van der Waals surface area contributed by atoms with Crippen LogP contribution in [-0.4, -0.2) is 47.9 Å². The van der Waals surface area contributed by atoms with E-state index in [0.717, 1.165) is 11.1 Å². The topological polar surface area (TPSA) is 94.2 Å². The SMILES string of the molecule is COC(=O)[C@@H]1[C@H](NC(=O)OC(C)(C)C)[C@H](c2ccccc2)N(C(=O)OCc2ccccc2)[C@@H]1C. The van der Waals surface area contributed by atoms with E-state index in [1.807, 2.05) is 60.7 Å². The second kappa shape index (κ2) is 10.6. The summed E-state index contributed by atoms with van der Waals surface area (Å²) in [6.07, 6.45) is -1.27. The van der Waals surface area contributed by atoms with Crippen molar-refractivity contribution >= 4 is 18.2 Å². The molecule has 0 unspecified atom stereocenters. The summed E-state index contributed by atoms with van der Waals surface area (Å²) in [6.45, 7) is 7.09.